The summed E-state index contributed by atoms with van der Waals surface area (Å²) in [7, 11) is 0. The van der Waals surface area contributed by atoms with Crippen molar-refractivity contribution < 1.29 is 4.74 Å². The molecule has 4 heteroatoms. The van der Waals surface area contributed by atoms with Crippen molar-refractivity contribution >= 4 is 5.95 Å². The minimum atomic E-state index is 0.414. The van der Waals surface area contributed by atoms with Crippen LogP contribution in [0.5, 0.6) is 0 Å². The van der Waals surface area contributed by atoms with Crippen LogP contribution in [0.1, 0.15) is 40.0 Å². The molecule has 1 N–H and O–H groups in total. The van der Waals surface area contributed by atoms with Crippen LogP contribution in [0.4, 0.5) is 5.95 Å². The summed E-state index contributed by atoms with van der Waals surface area (Å²) in [5.41, 5.74) is 0. The molecule has 1 rings (SSSR count). The summed E-state index contributed by atoms with van der Waals surface area (Å²) in [6, 6.07) is 0.414. The van der Waals surface area contributed by atoms with Crippen molar-refractivity contribution in [3.05, 3.63) is 12.4 Å². The van der Waals surface area contributed by atoms with Crippen molar-refractivity contribution in [2.24, 2.45) is 0 Å². The average molecular weight is 239 g/mol. The number of hydrogen-bond donors (Lipinski definition) is 1. The number of imidazole rings is 1. The van der Waals surface area contributed by atoms with Crippen LogP contribution in [0, 0.1) is 0 Å². The van der Waals surface area contributed by atoms with Crippen molar-refractivity contribution in [1.29, 1.82) is 0 Å². The highest BCUT2D eigenvalue weighted by Gasteiger charge is 2.03. The highest BCUT2D eigenvalue weighted by Crippen LogP contribution is 2.07. The van der Waals surface area contributed by atoms with E-state index >= 15 is 0 Å². The molecule has 0 unspecified atom stereocenters. The molecule has 0 amide bonds. The van der Waals surface area contributed by atoms with Crippen molar-refractivity contribution in [2.75, 3.05) is 18.5 Å². The third-order valence-corrected chi connectivity index (χ3v) is 2.46. The lowest BCUT2D eigenvalue weighted by Gasteiger charge is -2.12. The Morgan fingerprint density at radius 2 is 2.12 bits per heavy atom. The second kappa shape index (κ2) is 8.12. The molecule has 0 aliphatic carbocycles. The van der Waals surface area contributed by atoms with Gasteiger partial charge in [0.2, 0.25) is 5.95 Å². The summed E-state index contributed by atoms with van der Waals surface area (Å²) in [6.45, 7) is 9.09. The molecule has 1 aromatic heterocycles. The number of unbranched alkanes of at least 4 members (excludes halogenated alkanes) is 1. The number of hydrogen-bond acceptors (Lipinski definition) is 3. The first-order chi connectivity index (χ1) is 8.24. The van der Waals surface area contributed by atoms with Gasteiger partial charge in [0.1, 0.15) is 0 Å². The third-order valence-electron chi connectivity index (χ3n) is 2.46. The summed E-state index contributed by atoms with van der Waals surface area (Å²) >= 11 is 0. The van der Waals surface area contributed by atoms with E-state index in [1.54, 1.807) is 0 Å². The molecule has 0 saturated heterocycles. The number of nitrogens with one attached hydrogen (secondary N) is 1. The zero-order valence-corrected chi connectivity index (χ0v) is 11.3. The van der Waals surface area contributed by atoms with E-state index in [0.29, 0.717) is 6.04 Å². The van der Waals surface area contributed by atoms with E-state index in [1.165, 1.54) is 6.42 Å². The Bertz CT molecular complexity index is 297. The molecule has 4 nitrogen and oxygen atoms in total. The molecule has 0 aliphatic rings. The fourth-order valence-corrected chi connectivity index (χ4v) is 1.57. The second-order valence-electron chi connectivity index (χ2n) is 4.56. The van der Waals surface area contributed by atoms with Gasteiger partial charge in [-0.05, 0) is 26.7 Å². The third kappa shape index (κ3) is 5.73. The van der Waals surface area contributed by atoms with Crippen LogP contribution in [-0.2, 0) is 11.3 Å². The first-order valence-electron chi connectivity index (χ1n) is 6.59. The van der Waals surface area contributed by atoms with Gasteiger partial charge in [-0.15, -0.1) is 0 Å². The van der Waals surface area contributed by atoms with Crippen LogP contribution >= 0.6 is 0 Å². The normalized spacial score (nSPS) is 11.1. The average Bonchev–Trinajstić information content (AvgIpc) is 2.70. The highest BCUT2D eigenvalue weighted by atomic mass is 16.5. The number of nitrogens with zero attached hydrogens (tertiary/aromatic N) is 2. The molecule has 0 aliphatic heterocycles. The molecule has 0 spiro atoms. The van der Waals surface area contributed by atoms with Gasteiger partial charge in [0, 0.05) is 38.2 Å². The maximum atomic E-state index is 5.54. The summed E-state index contributed by atoms with van der Waals surface area (Å²) < 4.78 is 7.68. The van der Waals surface area contributed by atoms with E-state index in [2.05, 4.69) is 35.6 Å². The van der Waals surface area contributed by atoms with Crippen molar-refractivity contribution in [1.82, 2.24) is 9.55 Å². The van der Waals surface area contributed by atoms with E-state index < -0.39 is 0 Å². The lowest BCUT2D eigenvalue weighted by molar-refractivity contribution is 0.126. The quantitative estimate of drug-likeness (QED) is 0.673. The molecule has 0 atom stereocenters. The standard InChI is InChI=1S/C13H25N3O/c1-4-5-10-17-11-6-8-16-9-7-14-13(16)15-12(2)3/h7,9,12H,4-6,8,10-11H2,1-3H3,(H,14,15). The molecule has 0 aromatic carbocycles. The van der Waals surface area contributed by atoms with Crippen molar-refractivity contribution in [2.45, 2.75) is 52.6 Å². The number of aromatic nitrogens is 2. The zero-order chi connectivity index (χ0) is 12.5. The Hall–Kier alpha value is -1.03. The summed E-state index contributed by atoms with van der Waals surface area (Å²) in [6.07, 6.45) is 7.24. The topological polar surface area (TPSA) is 39.1 Å². The summed E-state index contributed by atoms with van der Waals surface area (Å²) in [5, 5.41) is 3.33. The molecule has 1 heterocycles. The largest absolute Gasteiger partial charge is 0.381 e. The van der Waals surface area contributed by atoms with Gasteiger partial charge in [-0.2, -0.15) is 0 Å². The maximum absolute atomic E-state index is 5.54. The number of anilines is 1. The van der Waals surface area contributed by atoms with Gasteiger partial charge < -0.3 is 14.6 Å². The van der Waals surface area contributed by atoms with Gasteiger partial charge in [0.25, 0.3) is 0 Å². The summed E-state index contributed by atoms with van der Waals surface area (Å²) in [4.78, 5) is 4.30. The Kier molecular flexibility index (Phi) is 6.70. The van der Waals surface area contributed by atoms with E-state index in [9.17, 15) is 0 Å². The number of rotatable bonds is 9. The van der Waals surface area contributed by atoms with E-state index in [1.807, 2.05) is 12.4 Å². The minimum absolute atomic E-state index is 0.414. The number of aryl methyl sites for hydroxylation is 1. The minimum Gasteiger partial charge on any atom is -0.381 e. The van der Waals surface area contributed by atoms with Crippen molar-refractivity contribution in [3.63, 3.8) is 0 Å². The van der Waals surface area contributed by atoms with Gasteiger partial charge in [-0.25, -0.2) is 4.98 Å². The molecule has 0 bridgehead atoms. The zero-order valence-electron chi connectivity index (χ0n) is 11.3. The summed E-state index contributed by atoms with van der Waals surface area (Å²) in [5.74, 6) is 0.952. The predicted molar refractivity (Wildman–Crippen MR) is 71.3 cm³/mol. The predicted octanol–water partition coefficient (Wildman–Crippen LogP) is 2.91. The Morgan fingerprint density at radius 3 is 2.82 bits per heavy atom. The Balaban J connectivity index is 2.20. The molecule has 98 valence electrons. The Morgan fingerprint density at radius 1 is 1.35 bits per heavy atom. The second-order valence-corrected chi connectivity index (χ2v) is 4.56. The molecular weight excluding hydrogens is 214 g/mol. The lowest BCUT2D eigenvalue weighted by Crippen LogP contribution is -2.15. The van der Waals surface area contributed by atoms with Gasteiger partial charge in [0.05, 0.1) is 0 Å². The fourth-order valence-electron chi connectivity index (χ4n) is 1.57. The van der Waals surface area contributed by atoms with Gasteiger partial charge in [-0.1, -0.05) is 13.3 Å². The van der Waals surface area contributed by atoms with E-state index in [-0.39, 0.29) is 0 Å². The lowest BCUT2D eigenvalue weighted by atomic mass is 10.3. The van der Waals surface area contributed by atoms with Crippen LogP contribution in [-0.4, -0.2) is 28.8 Å². The van der Waals surface area contributed by atoms with Gasteiger partial charge in [-0.3, -0.25) is 0 Å². The number of ether oxygens (including phenoxy) is 1. The van der Waals surface area contributed by atoms with E-state index in [0.717, 1.165) is 38.5 Å². The monoisotopic (exact) mass is 239 g/mol. The van der Waals surface area contributed by atoms with Crippen LogP contribution in [0.3, 0.4) is 0 Å². The molecular formula is C13H25N3O. The first-order valence-corrected chi connectivity index (χ1v) is 6.59. The van der Waals surface area contributed by atoms with Crippen LogP contribution in [0.25, 0.3) is 0 Å². The first kappa shape index (κ1) is 14.0. The highest BCUT2D eigenvalue weighted by molar-refractivity contribution is 5.26. The smallest absolute Gasteiger partial charge is 0.202 e. The van der Waals surface area contributed by atoms with E-state index in [4.69, 9.17) is 4.74 Å². The van der Waals surface area contributed by atoms with Crippen LogP contribution in [0.2, 0.25) is 0 Å². The van der Waals surface area contributed by atoms with Crippen LogP contribution in [0.15, 0.2) is 12.4 Å². The fraction of sp³-hybridized carbons (Fsp3) is 0.769. The van der Waals surface area contributed by atoms with Gasteiger partial charge >= 0.3 is 0 Å². The Labute approximate surface area is 104 Å². The maximum Gasteiger partial charge on any atom is 0.202 e. The molecule has 17 heavy (non-hydrogen) atoms. The molecule has 0 saturated carbocycles. The van der Waals surface area contributed by atoms with Crippen LogP contribution < -0.4 is 5.32 Å². The molecule has 0 radical (unpaired) electrons. The van der Waals surface area contributed by atoms with Crippen molar-refractivity contribution in [3.8, 4) is 0 Å². The van der Waals surface area contributed by atoms with Gasteiger partial charge in [0.15, 0.2) is 0 Å². The molecule has 1 aromatic rings. The molecule has 0 fully saturated rings. The SMILES string of the molecule is CCCCOCCCn1ccnc1NC(C)C.